The zero-order valence-corrected chi connectivity index (χ0v) is 11.3. The zero-order chi connectivity index (χ0) is 15.2. The number of alkyl halides is 3. The van der Waals surface area contributed by atoms with Crippen molar-refractivity contribution in [3.63, 3.8) is 0 Å². The third-order valence-corrected chi connectivity index (χ3v) is 2.89. The highest BCUT2D eigenvalue weighted by atomic mass is 19.4. The monoisotopic (exact) mass is 288 g/mol. The Kier molecular flexibility index (Phi) is 6.01. The summed E-state index contributed by atoms with van der Waals surface area (Å²) in [5.74, 6) is -0.200. The standard InChI is InChI=1S/C14H19F3N2O/c1-10(3-2-8-18)19-13(20)9-11-4-6-12(7-5-11)14(15,16)17/h4-7,10H,2-3,8-9,18H2,1H3,(H,19,20). The van der Waals surface area contributed by atoms with Crippen LogP contribution in [0.5, 0.6) is 0 Å². The van der Waals surface area contributed by atoms with Crippen molar-refractivity contribution in [2.45, 2.75) is 38.4 Å². The Balaban J connectivity index is 2.50. The van der Waals surface area contributed by atoms with Crippen molar-refractivity contribution >= 4 is 5.91 Å². The molecule has 0 aliphatic carbocycles. The second-order valence-corrected chi connectivity index (χ2v) is 4.77. The predicted molar refractivity (Wildman–Crippen MR) is 71.0 cm³/mol. The first-order valence-electron chi connectivity index (χ1n) is 6.48. The zero-order valence-electron chi connectivity index (χ0n) is 11.3. The predicted octanol–water partition coefficient (Wildman–Crippen LogP) is 2.49. The minimum absolute atomic E-state index is 0.0144. The van der Waals surface area contributed by atoms with E-state index < -0.39 is 11.7 Å². The molecule has 0 aliphatic heterocycles. The maximum atomic E-state index is 12.4. The van der Waals surface area contributed by atoms with E-state index in [1.807, 2.05) is 6.92 Å². The third kappa shape index (κ3) is 5.61. The molecule has 0 saturated heterocycles. The number of nitrogens with two attached hydrogens (primary N) is 1. The van der Waals surface area contributed by atoms with Gasteiger partial charge in [-0.1, -0.05) is 12.1 Å². The number of nitrogens with one attached hydrogen (secondary N) is 1. The summed E-state index contributed by atoms with van der Waals surface area (Å²) in [6, 6.07) is 4.64. The molecule has 112 valence electrons. The van der Waals surface area contributed by atoms with Crippen molar-refractivity contribution in [2.75, 3.05) is 6.54 Å². The molecule has 1 aromatic carbocycles. The number of benzene rings is 1. The first-order chi connectivity index (χ1) is 9.32. The van der Waals surface area contributed by atoms with E-state index in [0.29, 0.717) is 12.1 Å². The molecule has 0 aliphatic rings. The minimum atomic E-state index is -4.35. The van der Waals surface area contributed by atoms with Crippen LogP contribution in [0.25, 0.3) is 0 Å². The lowest BCUT2D eigenvalue weighted by molar-refractivity contribution is -0.137. The lowest BCUT2D eigenvalue weighted by atomic mass is 10.1. The highest BCUT2D eigenvalue weighted by molar-refractivity contribution is 5.78. The summed E-state index contributed by atoms with van der Waals surface area (Å²) in [4.78, 5) is 11.7. The van der Waals surface area contributed by atoms with E-state index in [0.717, 1.165) is 25.0 Å². The Hall–Kier alpha value is -1.56. The van der Waals surface area contributed by atoms with E-state index in [-0.39, 0.29) is 18.4 Å². The molecule has 0 bridgehead atoms. The molecule has 1 rings (SSSR count). The van der Waals surface area contributed by atoms with Crippen molar-refractivity contribution in [2.24, 2.45) is 5.73 Å². The van der Waals surface area contributed by atoms with E-state index >= 15 is 0 Å². The summed E-state index contributed by atoms with van der Waals surface area (Å²) in [6.07, 6.45) is -2.67. The van der Waals surface area contributed by atoms with Crippen LogP contribution < -0.4 is 11.1 Å². The van der Waals surface area contributed by atoms with Gasteiger partial charge in [-0.15, -0.1) is 0 Å². The number of rotatable bonds is 6. The van der Waals surface area contributed by atoms with Gasteiger partial charge in [-0.3, -0.25) is 4.79 Å². The van der Waals surface area contributed by atoms with Gasteiger partial charge in [-0.2, -0.15) is 13.2 Å². The van der Waals surface area contributed by atoms with E-state index in [1.54, 1.807) is 0 Å². The van der Waals surface area contributed by atoms with Crippen molar-refractivity contribution < 1.29 is 18.0 Å². The average molecular weight is 288 g/mol. The molecule has 0 aromatic heterocycles. The fourth-order valence-electron chi connectivity index (χ4n) is 1.82. The maximum Gasteiger partial charge on any atom is 0.416 e. The Bertz CT molecular complexity index is 429. The molecular weight excluding hydrogens is 269 g/mol. The molecule has 0 radical (unpaired) electrons. The van der Waals surface area contributed by atoms with Crippen LogP contribution in [-0.2, 0) is 17.4 Å². The van der Waals surface area contributed by atoms with Gasteiger partial charge in [0.2, 0.25) is 5.91 Å². The molecule has 1 unspecified atom stereocenters. The smallest absolute Gasteiger partial charge is 0.353 e. The topological polar surface area (TPSA) is 55.1 Å². The normalized spacial score (nSPS) is 13.1. The molecule has 3 nitrogen and oxygen atoms in total. The molecule has 3 N–H and O–H groups in total. The van der Waals surface area contributed by atoms with Crippen LogP contribution in [0.4, 0.5) is 13.2 Å². The van der Waals surface area contributed by atoms with E-state index in [2.05, 4.69) is 5.32 Å². The highest BCUT2D eigenvalue weighted by Crippen LogP contribution is 2.29. The Labute approximate surface area is 116 Å². The van der Waals surface area contributed by atoms with Gasteiger partial charge in [0.15, 0.2) is 0 Å². The summed E-state index contributed by atoms with van der Waals surface area (Å²) >= 11 is 0. The van der Waals surface area contributed by atoms with Crippen LogP contribution in [0.1, 0.15) is 30.9 Å². The summed E-state index contributed by atoms with van der Waals surface area (Å²) in [6.45, 7) is 2.44. The Morgan fingerprint density at radius 2 is 1.90 bits per heavy atom. The molecule has 1 aromatic rings. The van der Waals surface area contributed by atoms with E-state index in [4.69, 9.17) is 5.73 Å². The van der Waals surface area contributed by atoms with Crippen molar-refractivity contribution in [3.05, 3.63) is 35.4 Å². The lowest BCUT2D eigenvalue weighted by Crippen LogP contribution is -2.34. The van der Waals surface area contributed by atoms with Crippen LogP contribution >= 0.6 is 0 Å². The molecule has 20 heavy (non-hydrogen) atoms. The van der Waals surface area contributed by atoms with Gasteiger partial charge in [0.05, 0.1) is 12.0 Å². The van der Waals surface area contributed by atoms with Crippen molar-refractivity contribution in [1.82, 2.24) is 5.32 Å². The molecule has 0 fully saturated rings. The molecular formula is C14H19F3N2O. The average Bonchev–Trinajstić information content (AvgIpc) is 2.35. The lowest BCUT2D eigenvalue weighted by Gasteiger charge is -2.13. The number of halogens is 3. The number of carbonyl (C=O) groups excluding carboxylic acids is 1. The largest absolute Gasteiger partial charge is 0.416 e. The van der Waals surface area contributed by atoms with Gasteiger partial charge in [-0.25, -0.2) is 0 Å². The fraction of sp³-hybridized carbons (Fsp3) is 0.500. The van der Waals surface area contributed by atoms with Crippen molar-refractivity contribution in [3.8, 4) is 0 Å². The van der Waals surface area contributed by atoms with Crippen molar-refractivity contribution in [1.29, 1.82) is 0 Å². The summed E-state index contributed by atoms with van der Waals surface area (Å²) < 4.78 is 37.1. The Morgan fingerprint density at radius 1 is 1.30 bits per heavy atom. The van der Waals surface area contributed by atoms with Gasteiger partial charge in [0.25, 0.3) is 0 Å². The summed E-state index contributed by atoms with van der Waals surface area (Å²) in [5.41, 5.74) is 5.22. The second kappa shape index (κ2) is 7.28. The van der Waals surface area contributed by atoms with E-state index in [1.165, 1.54) is 12.1 Å². The summed E-state index contributed by atoms with van der Waals surface area (Å²) in [5, 5.41) is 2.79. The number of hydrogen-bond donors (Lipinski definition) is 2. The van der Waals surface area contributed by atoms with Crippen LogP contribution in [0.15, 0.2) is 24.3 Å². The first-order valence-corrected chi connectivity index (χ1v) is 6.48. The molecule has 0 heterocycles. The third-order valence-electron chi connectivity index (χ3n) is 2.89. The molecule has 6 heteroatoms. The van der Waals surface area contributed by atoms with Gasteiger partial charge in [0.1, 0.15) is 0 Å². The van der Waals surface area contributed by atoms with Gasteiger partial charge in [0, 0.05) is 6.04 Å². The molecule has 1 atom stereocenters. The number of hydrogen-bond acceptors (Lipinski definition) is 2. The Morgan fingerprint density at radius 3 is 2.40 bits per heavy atom. The minimum Gasteiger partial charge on any atom is -0.353 e. The summed E-state index contributed by atoms with van der Waals surface area (Å²) in [7, 11) is 0. The highest BCUT2D eigenvalue weighted by Gasteiger charge is 2.29. The number of amides is 1. The maximum absolute atomic E-state index is 12.4. The second-order valence-electron chi connectivity index (χ2n) is 4.77. The quantitative estimate of drug-likeness (QED) is 0.845. The van der Waals surface area contributed by atoms with Crippen LogP contribution in [0.3, 0.4) is 0 Å². The molecule has 1 amide bonds. The SMILES string of the molecule is CC(CCCN)NC(=O)Cc1ccc(C(F)(F)F)cc1. The first kappa shape index (κ1) is 16.5. The van der Waals surface area contributed by atoms with E-state index in [9.17, 15) is 18.0 Å². The number of carbonyl (C=O) groups is 1. The van der Waals surface area contributed by atoms with Gasteiger partial charge >= 0.3 is 6.18 Å². The molecule has 0 spiro atoms. The van der Waals surface area contributed by atoms with Crippen LogP contribution in [-0.4, -0.2) is 18.5 Å². The van der Waals surface area contributed by atoms with Crippen LogP contribution in [0, 0.1) is 0 Å². The van der Waals surface area contributed by atoms with Crippen LogP contribution in [0.2, 0.25) is 0 Å². The molecule has 0 saturated carbocycles. The van der Waals surface area contributed by atoms with Gasteiger partial charge < -0.3 is 11.1 Å². The fourth-order valence-corrected chi connectivity index (χ4v) is 1.82. The van der Waals surface area contributed by atoms with Gasteiger partial charge in [-0.05, 0) is 44.0 Å².